The normalized spacial score (nSPS) is 11.3. The van der Waals surface area contributed by atoms with Crippen LogP contribution in [0.15, 0.2) is 101 Å². The summed E-state index contributed by atoms with van der Waals surface area (Å²) in [6.07, 6.45) is 4.99. The molecular formula is C25H20N4O7S. The van der Waals surface area contributed by atoms with Crippen molar-refractivity contribution in [1.82, 2.24) is 9.99 Å². The summed E-state index contributed by atoms with van der Waals surface area (Å²) in [6.45, 7) is 0. The van der Waals surface area contributed by atoms with E-state index in [4.69, 9.17) is 8.92 Å². The number of hydrogen-bond donors (Lipinski definition) is 1. The topological polar surface area (TPSA) is 142 Å². The third-order valence-corrected chi connectivity index (χ3v) is 6.41. The van der Waals surface area contributed by atoms with Gasteiger partial charge >= 0.3 is 10.1 Å². The van der Waals surface area contributed by atoms with Crippen molar-refractivity contribution >= 4 is 27.9 Å². The van der Waals surface area contributed by atoms with Crippen LogP contribution in [0.3, 0.4) is 0 Å². The minimum atomic E-state index is -4.53. The summed E-state index contributed by atoms with van der Waals surface area (Å²) in [5, 5.41) is 15.2. The van der Waals surface area contributed by atoms with Crippen LogP contribution < -0.4 is 14.3 Å². The number of para-hydroxylation sites is 2. The van der Waals surface area contributed by atoms with E-state index in [-0.39, 0.29) is 11.5 Å². The van der Waals surface area contributed by atoms with Crippen molar-refractivity contribution < 1.29 is 27.1 Å². The van der Waals surface area contributed by atoms with E-state index in [9.17, 15) is 23.3 Å². The molecule has 1 N–H and O–H groups in total. The first-order chi connectivity index (χ1) is 17.8. The molecule has 0 fully saturated rings. The van der Waals surface area contributed by atoms with Crippen molar-refractivity contribution in [1.29, 1.82) is 0 Å². The largest absolute Gasteiger partial charge is 0.493 e. The fraction of sp³-hybridized carbons (Fsp3) is 0.0400. The standard InChI is InChI=1S/C25H20N4O7S/c1-35-23-16-18(12-13-22(23)36-37(33,34)24-11-5-4-10-21(24)29(31)32)17-26-27-25(30)19-8-2-3-9-20(19)28-14-6-7-15-28/h2-17H,1H3,(H,27,30)/b26-17-. The smallest absolute Gasteiger partial charge is 0.346 e. The third kappa shape index (κ3) is 5.65. The maximum atomic E-state index is 12.7. The van der Waals surface area contributed by atoms with Gasteiger partial charge in [0.05, 0.1) is 29.5 Å². The minimum absolute atomic E-state index is 0.0374. The molecule has 0 aliphatic heterocycles. The van der Waals surface area contributed by atoms with Crippen molar-refractivity contribution in [3.05, 3.63) is 112 Å². The summed E-state index contributed by atoms with van der Waals surface area (Å²) in [7, 11) is -3.22. The second-order valence-corrected chi connectivity index (χ2v) is 8.99. The molecule has 4 aromatic rings. The molecule has 37 heavy (non-hydrogen) atoms. The molecule has 188 valence electrons. The summed E-state index contributed by atoms with van der Waals surface area (Å²) in [5.74, 6) is -0.569. The zero-order valence-corrected chi connectivity index (χ0v) is 20.2. The lowest BCUT2D eigenvalue weighted by molar-refractivity contribution is -0.387. The molecule has 0 saturated heterocycles. The van der Waals surface area contributed by atoms with Crippen LogP contribution in [-0.2, 0) is 10.1 Å². The monoisotopic (exact) mass is 520 g/mol. The molecule has 0 bridgehead atoms. The van der Waals surface area contributed by atoms with Gasteiger partial charge in [0.15, 0.2) is 16.4 Å². The van der Waals surface area contributed by atoms with Gasteiger partial charge in [-0.05, 0) is 54.1 Å². The van der Waals surface area contributed by atoms with Crippen molar-refractivity contribution in [2.75, 3.05) is 7.11 Å². The quantitative estimate of drug-likeness (QED) is 0.152. The highest BCUT2D eigenvalue weighted by molar-refractivity contribution is 7.87. The van der Waals surface area contributed by atoms with Crippen LogP contribution in [0.5, 0.6) is 11.5 Å². The molecule has 12 heteroatoms. The Balaban J connectivity index is 1.51. The average Bonchev–Trinajstić information content (AvgIpc) is 3.44. The summed E-state index contributed by atoms with van der Waals surface area (Å²) in [4.78, 5) is 22.5. The maximum absolute atomic E-state index is 12.7. The van der Waals surface area contributed by atoms with E-state index < -0.39 is 31.5 Å². The van der Waals surface area contributed by atoms with Gasteiger partial charge in [-0.25, -0.2) is 5.43 Å². The molecule has 0 atom stereocenters. The minimum Gasteiger partial charge on any atom is -0.493 e. The number of nitro benzene ring substituents is 1. The molecule has 0 saturated carbocycles. The first kappa shape index (κ1) is 25.1. The van der Waals surface area contributed by atoms with Crippen molar-refractivity contribution in [2.45, 2.75) is 4.90 Å². The van der Waals surface area contributed by atoms with E-state index in [0.717, 1.165) is 12.1 Å². The maximum Gasteiger partial charge on any atom is 0.346 e. The highest BCUT2D eigenvalue weighted by atomic mass is 32.2. The van der Waals surface area contributed by atoms with Crippen LogP contribution in [-0.4, -0.2) is 37.1 Å². The molecule has 0 aliphatic carbocycles. The molecule has 1 amide bonds. The number of nitrogens with zero attached hydrogens (tertiary/aromatic N) is 3. The molecule has 0 aliphatic rings. The Morgan fingerprint density at radius 2 is 1.70 bits per heavy atom. The summed E-state index contributed by atoms with van der Waals surface area (Å²) >= 11 is 0. The van der Waals surface area contributed by atoms with Crippen LogP contribution >= 0.6 is 0 Å². The van der Waals surface area contributed by atoms with Gasteiger partial charge in [-0.15, -0.1) is 0 Å². The van der Waals surface area contributed by atoms with Gasteiger partial charge in [0.1, 0.15) is 0 Å². The summed E-state index contributed by atoms with van der Waals surface area (Å²) in [6, 6.07) is 19.8. The average molecular weight is 521 g/mol. The van der Waals surface area contributed by atoms with Crippen LogP contribution in [0.25, 0.3) is 5.69 Å². The third-order valence-electron chi connectivity index (χ3n) is 5.13. The number of hydrogen-bond acceptors (Lipinski definition) is 8. The van der Waals surface area contributed by atoms with Crippen LogP contribution in [0.2, 0.25) is 0 Å². The number of amides is 1. The number of nitro groups is 1. The Morgan fingerprint density at radius 1 is 1.00 bits per heavy atom. The van der Waals surface area contributed by atoms with Crippen LogP contribution in [0, 0.1) is 10.1 Å². The number of hydrazone groups is 1. The highest BCUT2D eigenvalue weighted by Gasteiger charge is 2.28. The Kier molecular flexibility index (Phi) is 7.30. The second kappa shape index (κ2) is 10.7. The number of carbonyl (C=O) groups is 1. The Morgan fingerprint density at radius 3 is 2.43 bits per heavy atom. The Labute approximate surface area is 211 Å². The number of benzene rings is 3. The molecule has 0 spiro atoms. The number of rotatable bonds is 9. The zero-order valence-electron chi connectivity index (χ0n) is 19.3. The number of carbonyl (C=O) groups excluding carboxylic acids is 1. The lowest BCUT2D eigenvalue weighted by Gasteiger charge is -2.11. The van der Waals surface area contributed by atoms with E-state index in [1.807, 2.05) is 30.6 Å². The fourth-order valence-electron chi connectivity index (χ4n) is 3.43. The van der Waals surface area contributed by atoms with Gasteiger partial charge < -0.3 is 13.5 Å². The molecule has 0 radical (unpaired) electrons. The van der Waals surface area contributed by atoms with E-state index in [2.05, 4.69) is 10.5 Å². The van der Waals surface area contributed by atoms with Gasteiger partial charge in [0.25, 0.3) is 11.6 Å². The van der Waals surface area contributed by atoms with Crippen molar-refractivity contribution in [2.24, 2.45) is 5.10 Å². The number of nitrogens with one attached hydrogen (secondary N) is 1. The Hall–Kier alpha value is -4.97. The predicted octanol–water partition coefficient (Wildman–Crippen LogP) is 3.93. The molecule has 0 unspecified atom stereocenters. The predicted molar refractivity (Wildman–Crippen MR) is 135 cm³/mol. The van der Waals surface area contributed by atoms with Crippen LogP contribution in [0.1, 0.15) is 15.9 Å². The van der Waals surface area contributed by atoms with Gasteiger partial charge in [0.2, 0.25) is 0 Å². The van der Waals surface area contributed by atoms with Gasteiger partial charge in [0, 0.05) is 18.5 Å². The van der Waals surface area contributed by atoms with E-state index in [1.165, 1.54) is 43.7 Å². The molecule has 1 heterocycles. The Bertz CT molecular complexity index is 1580. The van der Waals surface area contributed by atoms with Crippen molar-refractivity contribution in [3.8, 4) is 17.2 Å². The lowest BCUT2D eigenvalue weighted by atomic mass is 10.1. The first-order valence-electron chi connectivity index (χ1n) is 10.7. The number of ether oxygens (including phenoxy) is 1. The zero-order chi connectivity index (χ0) is 26.4. The number of methoxy groups -OCH3 is 1. The molecule has 1 aromatic heterocycles. The van der Waals surface area contributed by atoms with Gasteiger partial charge in [-0.2, -0.15) is 13.5 Å². The summed E-state index contributed by atoms with van der Waals surface area (Å²) < 4.78 is 37.6. The molecular weight excluding hydrogens is 500 g/mol. The molecule has 3 aromatic carbocycles. The molecule has 4 rings (SSSR count). The van der Waals surface area contributed by atoms with Gasteiger partial charge in [-0.3, -0.25) is 14.9 Å². The fourth-order valence-corrected chi connectivity index (χ4v) is 4.54. The number of aromatic nitrogens is 1. The van der Waals surface area contributed by atoms with Gasteiger partial charge in [-0.1, -0.05) is 24.3 Å². The van der Waals surface area contributed by atoms with Crippen molar-refractivity contribution in [3.63, 3.8) is 0 Å². The first-order valence-corrected chi connectivity index (χ1v) is 12.1. The highest BCUT2D eigenvalue weighted by Crippen LogP contribution is 2.32. The van der Waals surface area contributed by atoms with Crippen LogP contribution in [0.4, 0.5) is 5.69 Å². The molecule has 11 nitrogen and oxygen atoms in total. The van der Waals surface area contributed by atoms with E-state index in [0.29, 0.717) is 16.8 Å². The second-order valence-electron chi connectivity index (χ2n) is 7.48. The lowest BCUT2D eigenvalue weighted by Crippen LogP contribution is -2.19. The summed E-state index contributed by atoms with van der Waals surface area (Å²) in [5.41, 5.74) is 3.41. The van der Waals surface area contributed by atoms with E-state index >= 15 is 0 Å². The SMILES string of the molecule is COc1cc(/C=N\NC(=O)c2ccccc2-n2cccc2)ccc1OS(=O)(=O)c1ccccc1[N+](=O)[O-]. The van der Waals surface area contributed by atoms with E-state index in [1.54, 1.807) is 22.8 Å².